The fourth-order valence-corrected chi connectivity index (χ4v) is 4.17. The van der Waals surface area contributed by atoms with Crippen molar-refractivity contribution in [3.05, 3.63) is 100 Å². The van der Waals surface area contributed by atoms with Crippen LogP contribution in [0.4, 0.5) is 8.78 Å². The van der Waals surface area contributed by atoms with Gasteiger partial charge in [0.1, 0.15) is 17.2 Å². The number of aliphatic hydroxyl groups is 1. The van der Waals surface area contributed by atoms with Crippen LogP contribution in [-0.4, -0.2) is 34.7 Å². The molecule has 9 heteroatoms. The molecular weight excluding hydrogens is 500 g/mol. The Bertz CT molecular complexity index is 1340. The van der Waals surface area contributed by atoms with Gasteiger partial charge >= 0.3 is 0 Å². The van der Waals surface area contributed by atoms with Gasteiger partial charge in [0.15, 0.2) is 11.5 Å². The number of aromatic nitrogens is 1. The lowest BCUT2D eigenvalue weighted by atomic mass is 10.00. The second-order valence-electron chi connectivity index (χ2n) is 8.85. The van der Waals surface area contributed by atoms with E-state index in [-0.39, 0.29) is 25.4 Å². The molecule has 1 amide bonds. The summed E-state index contributed by atoms with van der Waals surface area (Å²) in [5.41, 5.74) is 4.06. The average Bonchev–Trinajstić information content (AvgIpc) is 3.22. The standard InChI is InChI=1S/C28H29F2N3O3.ClH/c1-3-18-5-4-6-19(9-18)15-31-16-26(34)24(12-20-10-22(29)14-23(30)11-20)33-28(35)21-7-8-27-25(13-21)32-17(2)36-27;/h4-11,13-14,24,26,31,34H,3,12,15-16H2,1-2H3,(H,33,35);1H/t24-,26-;/m0./s1. The highest BCUT2D eigenvalue weighted by Gasteiger charge is 2.23. The molecule has 2 atom stereocenters. The molecule has 0 saturated carbocycles. The molecule has 0 saturated heterocycles. The second-order valence-corrected chi connectivity index (χ2v) is 8.85. The summed E-state index contributed by atoms with van der Waals surface area (Å²) in [4.78, 5) is 17.3. The molecule has 3 aromatic carbocycles. The molecule has 0 aliphatic rings. The largest absolute Gasteiger partial charge is 0.441 e. The van der Waals surface area contributed by atoms with Crippen LogP contribution in [0, 0.1) is 18.6 Å². The zero-order valence-corrected chi connectivity index (χ0v) is 21.4. The van der Waals surface area contributed by atoms with E-state index in [1.165, 1.54) is 17.7 Å². The van der Waals surface area contributed by atoms with Gasteiger partial charge in [-0.05, 0) is 59.9 Å². The van der Waals surface area contributed by atoms with Gasteiger partial charge in [0, 0.05) is 31.6 Å². The molecule has 4 aromatic rings. The molecule has 196 valence electrons. The van der Waals surface area contributed by atoms with E-state index in [0.29, 0.717) is 34.7 Å². The molecule has 0 unspecified atom stereocenters. The van der Waals surface area contributed by atoms with Crippen molar-refractivity contribution in [2.45, 2.75) is 45.4 Å². The van der Waals surface area contributed by atoms with E-state index in [1.54, 1.807) is 25.1 Å². The number of aryl methyl sites for hydroxylation is 2. The van der Waals surface area contributed by atoms with Gasteiger partial charge < -0.3 is 20.2 Å². The van der Waals surface area contributed by atoms with Crippen LogP contribution in [0.2, 0.25) is 0 Å². The summed E-state index contributed by atoms with van der Waals surface area (Å²) in [5, 5.41) is 17.0. The highest BCUT2D eigenvalue weighted by molar-refractivity contribution is 5.97. The van der Waals surface area contributed by atoms with Gasteiger partial charge in [-0.2, -0.15) is 0 Å². The molecule has 0 radical (unpaired) electrons. The number of halogens is 3. The highest BCUT2D eigenvalue weighted by atomic mass is 35.5. The van der Waals surface area contributed by atoms with Crippen molar-refractivity contribution in [2.75, 3.05) is 6.54 Å². The zero-order chi connectivity index (χ0) is 25.7. The van der Waals surface area contributed by atoms with Crippen LogP contribution in [0.1, 0.15) is 39.9 Å². The SMILES string of the molecule is CCc1cccc(CNC[C@H](O)[C@H](Cc2cc(F)cc(F)c2)NC(=O)c2ccc3oc(C)nc3c2)c1.Cl. The van der Waals surface area contributed by atoms with Crippen molar-refractivity contribution < 1.29 is 23.1 Å². The number of nitrogens with zero attached hydrogens (tertiary/aromatic N) is 1. The molecule has 37 heavy (non-hydrogen) atoms. The molecule has 1 heterocycles. The summed E-state index contributed by atoms with van der Waals surface area (Å²) in [7, 11) is 0. The summed E-state index contributed by atoms with van der Waals surface area (Å²) in [6, 6.07) is 15.4. The number of fused-ring (bicyclic) bond motifs is 1. The molecule has 6 nitrogen and oxygen atoms in total. The summed E-state index contributed by atoms with van der Waals surface area (Å²) in [6.45, 7) is 4.50. The third-order valence-electron chi connectivity index (χ3n) is 6.00. The fourth-order valence-electron chi connectivity index (χ4n) is 4.17. The number of rotatable bonds is 10. The number of amides is 1. The lowest BCUT2D eigenvalue weighted by Crippen LogP contribution is -2.48. The maximum atomic E-state index is 13.8. The number of oxazole rings is 1. The molecule has 4 rings (SSSR count). The molecule has 0 aliphatic carbocycles. The topological polar surface area (TPSA) is 87.4 Å². The predicted molar refractivity (Wildman–Crippen MR) is 141 cm³/mol. The van der Waals surface area contributed by atoms with E-state index in [1.807, 2.05) is 12.1 Å². The van der Waals surface area contributed by atoms with Crippen LogP contribution in [-0.2, 0) is 19.4 Å². The first-order chi connectivity index (χ1) is 17.3. The van der Waals surface area contributed by atoms with E-state index in [9.17, 15) is 18.7 Å². The number of hydrogen-bond donors (Lipinski definition) is 3. The minimum atomic E-state index is -1.02. The maximum absolute atomic E-state index is 13.8. The van der Waals surface area contributed by atoms with Gasteiger partial charge in [-0.3, -0.25) is 4.79 Å². The first-order valence-electron chi connectivity index (χ1n) is 11.9. The van der Waals surface area contributed by atoms with E-state index >= 15 is 0 Å². The van der Waals surface area contributed by atoms with Crippen LogP contribution in [0.25, 0.3) is 11.1 Å². The van der Waals surface area contributed by atoms with Gasteiger partial charge in [-0.15, -0.1) is 12.4 Å². The predicted octanol–water partition coefficient (Wildman–Crippen LogP) is 4.89. The third-order valence-corrected chi connectivity index (χ3v) is 6.00. The molecule has 0 spiro atoms. The van der Waals surface area contributed by atoms with E-state index in [0.717, 1.165) is 18.1 Å². The Kier molecular flexibility index (Phi) is 9.74. The van der Waals surface area contributed by atoms with Crippen molar-refractivity contribution in [3.8, 4) is 0 Å². The fraction of sp³-hybridized carbons (Fsp3) is 0.286. The molecule has 1 aromatic heterocycles. The number of benzene rings is 3. The van der Waals surface area contributed by atoms with Crippen molar-refractivity contribution >= 4 is 29.4 Å². The Balaban J connectivity index is 0.00000380. The lowest BCUT2D eigenvalue weighted by molar-refractivity contribution is 0.0830. The number of nitrogens with one attached hydrogen (secondary N) is 2. The van der Waals surface area contributed by atoms with Crippen molar-refractivity contribution in [2.24, 2.45) is 0 Å². The van der Waals surface area contributed by atoms with Crippen LogP contribution >= 0.6 is 12.4 Å². The van der Waals surface area contributed by atoms with Crippen LogP contribution in [0.15, 0.2) is 65.1 Å². The number of hydrogen-bond acceptors (Lipinski definition) is 5. The molecule has 0 bridgehead atoms. The first-order valence-corrected chi connectivity index (χ1v) is 11.9. The van der Waals surface area contributed by atoms with Gasteiger partial charge in [-0.25, -0.2) is 13.8 Å². The number of carbonyl (C=O) groups excluding carboxylic acids is 1. The molecule has 3 N–H and O–H groups in total. The Morgan fingerprint density at radius 3 is 2.49 bits per heavy atom. The quantitative estimate of drug-likeness (QED) is 0.272. The minimum absolute atomic E-state index is 0. The van der Waals surface area contributed by atoms with Crippen LogP contribution < -0.4 is 10.6 Å². The Hall–Kier alpha value is -3.33. The van der Waals surface area contributed by atoms with Gasteiger partial charge in [0.2, 0.25) is 0 Å². The average molecular weight is 530 g/mol. The Labute approximate surface area is 220 Å². The zero-order valence-electron chi connectivity index (χ0n) is 20.6. The number of carbonyl (C=O) groups is 1. The van der Waals surface area contributed by atoms with Gasteiger partial charge in [-0.1, -0.05) is 31.2 Å². The molecular formula is C28H30ClF2N3O3. The second kappa shape index (κ2) is 12.8. The summed E-state index contributed by atoms with van der Waals surface area (Å²) in [5.74, 6) is -1.38. The first kappa shape index (κ1) is 28.2. The number of aliphatic hydroxyl groups excluding tert-OH is 1. The van der Waals surface area contributed by atoms with Gasteiger partial charge in [0.25, 0.3) is 5.91 Å². The smallest absolute Gasteiger partial charge is 0.251 e. The van der Waals surface area contributed by atoms with Crippen molar-refractivity contribution in [1.29, 1.82) is 0 Å². The highest BCUT2D eigenvalue weighted by Crippen LogP contribution is 2.18. The van der Waals surface area contributed by atoms with Crippen LogP contribution in [0.5, 0.6) is 0 Å². The molecule has 0 fully saturated rings. The summed E-state index contributed by atoms with van der Waals surface area (Å²) in [6.07, 6.45) is -0.0541. The summed E-state index contributed by atoms with van der Waals surface area (Å²) < 4.78 is 33.0. The van der Waals surface area contributed by atoms with E-state index < -0.39 is 29.7 Å². The lowest BCUT2D eigenvalue weighted by Gasteiger charge is -2.25. The monoisotopic (exact) mass is 529 g/mol. The minimum Gasteiger partial charge on any atom is -0.441 e. The van der Waals surface area contributed by atoms with E-state index in [2.05, 4.69) is 34.7 Å². The summed E-state index contributed by atoms with van der Waals surface area (Å²) >= 11 is 0. The Morgan fingerprint density at radius 2 is 1.76 bits per heavy atom. The van der Waals surface area contributed by atoms with Crippen LogP contribution in [0.3, 0.4) is 0 Å². The Morgan fingerprint density at radius 1 is 1.03 bits per heavy atom. The molecule has 0 aliphatic heterocycles. The maximum Gasteiger partial charge on any atom is 0.251 e. The van der Waals surface area contributed by atoms with Crippen molar-refractivity contribution in [1.82, 2.24) is 15.6 Å². The third kappa shape index (κ3) is 7.58. The van der Waals surface area contributed by atoms with Crippen molar-refractivity contribution in [3.63, 3.8) is 0 Å². The van der Waals surface area contributed by atoms with E-state index in [4.69, 9.17) is 4.42 Å². The van der Waals surface area contributed by atoms with Gasteiger partial charge in [0.05, 0.1) is 12.1 Å². The normalized spacial score (nSPS) is 12.7.